The predicted molar refractivity (Wildman–Crippen MR) is 245 cm³/mol. The van der Waals surface area contributed by atoms with Crippen LogP contribution >= 0.6 is 22.9 Å². The van der Waals surface area contributed by atoms with Gasteiger partial charge in [0.05, 0.1) is 50.7 Å². The van der Waals surface area contributed by atoms with Gasteiger partial charge in [0.2, 0.25) is 17.7 Å². The third kappa shape index (κ3) is 12.9. The smallest absolute Gasteiger partial charge is 0.255 e. The van der Waals surface area contributed by atoms with Crippen molar-refractivity contribution >= 4 is 69.0 Å². The molecule has 0 radical (unpaired) electrons. The molecule has 4 aromatic rings. The number of rotatable bonds is 24. The monoisotopic (exact) mass is 947 g/mol. The fraction of sp³-hybridized carbons (Fsp3) is 0.468. The molecule has 0 bridgehead atoms. The van der Waals surface area contributed by atoms with Gasteiger partial charge in [-0.05, 0) is 82.0 Å². The average molecular weight is 949 g/mol. The van der Waals surface area contributed by atoms with Crippen molar-refractivity contribution in [3.8, 4) is 5.75 Å². The summed E-state index contributed by atoms with van der Waals surface area (Å²) in [5.41, 5.74) is 1.72. The number of piperidine rings is 1. The van der Waals surface area contributed by atoms with Crippen LogP contribution in [-0.4, -0.2) is 121 Å². The molecule has 2 aliphatic heterocycles. The van der Waals surface area contributed by atoms with Crippen LogP contribution in [0.2, 0.25) is 5.02 Å². The lowest BCUT2D eigenvalue weighted by Gasteiger charge is -2.39. The van der Waals surface area contributed by atoms with Crippen LogP contribution in [0.4, 0.5) is 21.0 Å². The highest BCUT2D eigenvalue weighted by Gasteiger charge is 2.43. The SMILES string of the molecule is CN(CCOCCOCCOCCCC(=O)C1(Cc2cccc(Nc3nccs3)n2)CCC(Oc2cccc(Cl)c2F)CC1)CC(=O)Nc1cccc2c1CN(C1CCC(=O)NC1=O)C2=O. The molecule has 7 rings (SSSR count). The number of hydrogen-bond donors (Lipinski definition) is 3. The lowest BCUT2D eigenvalue weighted by Crippen LogP contribution is -2.52. The molecule has 4 amide bonds. The quantitative estimate of drug-likeness (QED) is 0.0521. The number of halogens is 2. The van der Waals surface area contributed by atoms with Crippen molar-refractivity contribution in [1.82, 2.24) is 25.1 Å². The summed E-state index contributed by atoms with van der Waals surface area (Å²) in [4.78, 5) is 76.5. The number of carbonyl (C=O) groups excluding carboxylic acids is 5. The minimum Gasteiger partial charge on any atom is -0.487 e. The van der Waals surface area contributed by atoms with Gasteiger partial charge >= 0.3 is 0 Å². The van der Waals surface area contributed by atoms with Crippen LogP contribution in [0.5, 0.6) is 5.75 Å². The molecule has 0 spiro atoms. The fourth-order valence-corrected chi connectivity index (χ4v) is 9.24. The summed E-state index contributed by atoms with van der Waals surface area (Å²) in [5, 5.41) is 11.1. The van der Waals surface area contributed by atoms with Crippen molar-refractivity contribution in [3.05, 3.63) is 93.8 Å². The number of anilines is 3. The zero-order valence-corrected chi connectivity index (χ0v) is 38.4. The summed E-state index contributed by atoms with van der Waals surface area (Å²) in [6, 6.07) is 14.8. The van der Waals surface area contributed by atoms with E-state index in [9.17, 15) is 28.4 Å². The number of ether oxygens (including phenoxy) is 4. The van der Waals surface area contributed by atoms with E-state index in [1.165, 1.54) is 22.3 Å². The van der Waals surface area contributed by atoms with Crippen LogP contribution in [-0.2, 0) is 46.4 Å². The van der Waals surface area contributed by atoms with Gasteiger partial charge in [-0.3, -0.25) is 34.2 Å². The van der Waals surface area contributed by atoms with E-state index in [0.717, 1.165) is 10.8 Å². The Kier molecular flexibility index (Phi) is 17.2. The molecule has 66 heavy (non-hydrogen) atoms. The number of Topliss-reactive ketones (excluding diaryl/α,β-unsaturated/α-hetero) is 1. The molecule has 352 valence electrons. The molecule has 2 aromatic heterocycles. The number of nitrogens with one attached hydrogen (secondary N) is 3. The molecule has 1 unspecified atom stereocenters. The van der Waals surface area contributed by atoms with E-state index >= 15 is 0 Å². The Balaban J connectivity index is 0.769. The Morgan fingerprint density at radius 3 is 2.47 bits per heavy atom. The highest BCUT2D eigenvalue weighted by atomic mass is 35.5. The fourth-order valence-electron chi connectivity index (χ4n) is 8.54. The minimum atomic E-state index is -0.737. The second-order valence-corrected chi connectivity index (χ2v) is 18.0. The van der Waals surface area contributed by atoms with Crippen molar-refractivity contribution < 1.29 is 47.3 Å². The van der Waals surface area contributed by atoms with Gasteiger partial charge in [0.1, 0.15) is 17.6 Å². The molecular weight excluding hydrogens is 893 g/mol. The maximum atomic E-state index is 14.6. The molecule has 1 saturated carbocycles. The summed E-state index contributed by atoms with van der Waals surface area (Å²) in [7, 11) is 1.81. The van der Waals surface area contributed by atoms with Crippen LogP contribution < -0.4 is 20.7 Å². The summed E-state index contributed by atoms with van der Waals surface area (Å²) >= 11 is 7.46. The normalized spacial score (nSPS) is 19.5. The number of thiazole rings is 1. The van der Waals surface area contributed by atoms with Gasteiger partial charge in [0.25, 0.3) is 5.91 Å². The number of likely N-dealkylation sites (N-methyl/N-ethyl adjacent to an activating group) is 1. The molecule has 16 nitrogen and oxygen atoms in total. The Morgan fingerprint density at radius 1 is 0.970 bits per heavy atom. The lowest BCUT2D eigenvalue weighted by molar-refractivity contribution is -0.137. The molecule has 1 saturated heterocycles. The van der Waals surface area contributed by atoms with Crippen LogP contribution in [0.15, 0.2) is 66.2 Å². The van der Waals surface area contributed by atoms with Gasteiger partial charge in [-0.15, -0.1) is 11.3 Å². The average Bonchev–Trinajstić information content (AvgIpc) is 3.94. The van der Waals surface area contributed by atoms with Crippen molar-refractivity contribution in [2.45, 2.75) is 76.5 Å². The minimum absolute atomic E-state index is 0.00483. The van der Waals surface area contributed by atoms with Crippen molar-refractivity contribution in [3.63, 3.8) is 0 Å². The number of hydrogen-bond acceptors (Lipinski definition) is 14. The highest BCUT2D eigenvalue weighted by molar-refractivity contribution is 7.13. The van der Waals surface area contributed by atoms with E-state index in [0.29, 0.717) is 114 Å². The number of nitrogens with zero attached hydrogens (tertiary/aromatic N) is 4. The number of aromatic nitrogens is 2. The van der Waals surface area contributed by atoms with E-state index in [1.807, 2.05) is 28.5 Å². The van der Waals surface area contributed by atoms with E-state index in [1.54, 1.807) is 43.6 Å². The molecular formula is C47H55ClFN7O9S. The third-order valence-corrected chi connectivity index (χ3v) is 13.0. The van der Waals surface area contributed by atoms with Gasteiger partial charge in [-0.25, -0.2) is 14.4 Å². The molecule has 2 fully saturated rings. The third-order valence-electron chi connectivity index (χ3n) is 12.0. The second-order valence-electron chi connectivity index (χ2n) is 16.7. The Bertz CT molecular complexity index is 2330. The summed E-state index contributed by atoms with van der Waals surface area (Å²) in [6.07, 6.45) is 5.57. The van der Waals surface area contributed by atoms with E-state index in [2.05, 4.69) is 20.9 Å². The highest BCUT2D eigenvalue weighted by Crippen LogP contribution is 2.43. The lowest BCUT2D eigenvalue weighted by atomic mass is 9.66. The van der Waals surface area contributed by atoms with Crippen molar-refractivity contribution in [2.24, 2.45) is 5.41 Å². The zero-order valence-electron chi connectivity index (χ0n) is 36.9. The molecule has 2 aromatic carbocycles. The van der Waals surface area contributed by atoms with Crippen LogP contribution in [0, 0.1) is 11.2 Å². The number of fused-ring (bicyclic) bond motifs is 1. The Morgan fingerprint density at radius 2 is 1.71 bits per heavy atom. The standard InChI is InChI=1S/C47H55ClFN7O9S/c1-55(30-42(59)52-36-9-3-7-33-34(36)29-56(45(33)61)37-13-14-41(58)54-44(37)60)20-22-63-24-26-64-25-23-62-21-5-11-39(57)47(28-31-6-2-12-40(51-31)53-46-50-19-27-66-46)17-15-32(16-18-47)65-38-10-4-8-35(48)43(38)49/h2-4,6-10,12,19,27,32,37H,5,11,13-18,20-26,28-30H2,1H3,(H,52,59)(H,50,51,53)(H,54,58,60). The first-order valence-electron chi connectivity index (χ1n) is 22.2. The Hall–Kier alpha value is -5.37. The van der Waals surface area contributed by atoms with Gasteiger partial charge in [-0.1, -0.05) is 29.8 Å². The molecule has 3 aliphatic rings. The van der Waals surface area contributed by atoms with Gasteiger partial charge in [0, 0.05) is 78.5 Å². The number of imide groups is 1. The summed E-state index contributed by atoms with van der Waals surface area (Å²) < 4.78 is 37.8. The molecule has 1 atom stereocenters. The van der Waals surface area contributed by atoms with Crippen LogP contribution in [0.3, 0.4) is 0 Å². The maximum Gasteiger partial charge on any atom is 0.255 e. The number of carbonyl (C=O) groups is 5. The first-order valence-corrected chi connectivity index (χ1v) is 23.5. The first-order chi connectivity index (χ1) is 32.0. The van der Waals surface area contributed by atoms with E-state index in [-0.39, 0.29) is 66.3 Å². The number of pyridine rings is 1. The van der Waals surface area contributed by atoms with Gasteiger partial charge < -0.3 is 34.5 Å². The number of ketones is 1. The van der Waals surface area contributed by atoms with E-state index < -0.39 is 23.2 Å². The van der Waals surface area contributed by atoms with Crippen LogP contribution in [0.1, 0.15) is 73.0 Å². The second kappa shape index (κ2) is 23.4. The number of amides is 4. The molecule has 3 N–H and O–H groups in total. The molecule has 19 heteroatoms. The molecule has 4 heterocycles. The summed E-state index contributed by atoms with van der Waals surface area (Å²) in [6.45, 7) is 3.01. The topological polar surface area (TPSA) is 191 Å². The van der Waals surface area contributed by atoms with Crippen LogP contribution in [0.25, 0.3) is 0 Å². The van der Waals surface area contributed by atoms with Crippen molar-refractivity contribution in [2.75, 3.05) is 70.4 Å². The summed E-state index contributed by atoms with van der Waals surface area (Å²) in [5.74, 6) is -1.06. The predicted octanol–water partition coefficient (Wildman–Crippen LogP) is 6.36. The van der Waals surface area contributed by atoms with Gasteiger partial charge in [-0.2, -0.15) is 0 Å². The first kappa shape index (κ1) is 48.6. The molecule has 1 aliphatic carbocycles. The van der Waals surface area contributed by atoms with Gasteiger partial charge in [0.15, 0.2) is 16.7 Å². The maximum absolute atomic E-state index is 14.6. The Labute approximate surface area is 391 Å². The van der Waals surface area contributed by atoms with E-state index in [4.69, 9.17) is 35.5 Å². The largest absolute Gasteiger partial charge is 0.487 e. The number of benzene rings is 2. The van der Waals surface area contributed by atoms with Crippen molar-refractivity contribution in [1.29, 1.82) is 0 Å². The zero-order chi connectivity index (χ0) is 46.5.